The van der Waals surface area contributed by atoms with Crippen molar-refractivity contribution in [3.05, 3.63) is 59.4 Å². The molecule has 0 bridgehead atoms. The van der Waals surface area contributed by atoms with Crippen molar-refractivity contribution >= 4 is 52.0 Å². The molecule has 0 aliphatic heterocycles. The molecule has 2 heterocycles. The quantitative estimate of drug-likeness (QED) is 0.202. The summed E-state index contributed by atoms with van der Waals surface area (Å²) < 4.78 is 44.2. The number of H-pyrrole nitrogens is 1. The van der Waals surface area contributed by atoms with E-state index in [9.17, 15) is 22.8 Å². The number of benzene rings is 2. The van der Waals surface area contributed by atoms with Gasteiger partial charge in [0.15, 0.2) is 5.82 Å². The van der Waals surface area contributed by atoms with Gasteiger partial charge in [0.05, 0.1) is 10.6 Å². The lowest BCUT2D eigenvalue weighted by Gasteiger charge is -2.12. The average molecular weight is 549 g/mol. The fourth-order valence-corrected chi connectivity index (χ4v) is 3.56. The van der Waals surface area contributed by atoms with Gasteiger partial charge < -0.3 is 20.7 Å². The molecule has 0 saturated heterocycles. The van der Waals surface area contributed by atoms with Gasteiger partial charge in [0, 0.05) is 23.5 Å². The molecule has 4 rings (SSSR count). The topological polar surface area (TPSA) is 146 Å². The molecule has 0 radical (unpaired) electrons. The van der Waals surface area contributed by atoms with Crippen LogP contribution in [0.5, 0.6) is 0 Å². The van der Waals surface area contributed by atoms with E-state index in [1.807, 2.05) is 0 Å². The molecule has 38 heavy (non-hydrogen) atoms. The first-order valence-corrected chi connectivity index (χ1v) is 11.4. The Hall–Kier alpha value is -4.43. The van der Waals surface area contributed by atoms with Crippen LogP contribution < -0.4 is 21.3 Å². The molecule has 5 N–H and O–H groups in total. The molecule has 2 aromatic carbocycles. The third kappa shape index (κ3) is 6.27. The van der Waals surface area contributed by atoms with Crippen LogP contribution >= 0.6 is 11.6 Å². The minimum atomic E-state index is -4.66. The molecule has 0 saturated carbocycles. The second-order valence-electron chi connectivity index (χ2n) is 7.73. The SMILES string of the molecule is CNCCOC(=O)Nc1ncnc2c(-c3ccc(NC(=O)Nc4ccc(Cl)c(C(F)(F)F)c4)cc3)n[nH]c12. The largest absolute Gasteiger partial charge is 0.448 e. The van der Waals surface area contributed by atoms with Crippen LogP contribution in [0.25, 0.3) is 22.3 Å². The van der Waals surface area contributed by atoms with Gasteiger partial charge in [0.1, 0.15) is 29.7 Å². The number of urea groups is 1. The summed E-state index contributed by atoms with van der Waals surface area (Å²) in [5.41, 5.74) is 1.16. The highest BCUT2D eigenvalue weighted by Gasteiger charge is 2.33. The number of alkyl halides is 3. The first-order valence-electron chi connectivity index (χ1n) is 11.0. The molecule has 15 heteroatoms. The number of aromatic amines is 1. The van der Waals surface area contributed by atoms with Crippen LogP contribution in [-0.2, 0) is 10.9 Å². The standard InChI is InChI=1S/C23H20ClF3N8O3/c1-28-8-9-38-22(37)33-20-19-18(29-11-30-20)17(34-35-19)12-2-4-13(5-3-12)31-21(36)32-14-6-7-16(24)15(10-14)23(25,26)27/h2-7,10-11,28H,8-9H2,1H3,(H,34,35)(H2,31,32,36)(H,29,30,33,37). The van der Waals surface area contributed by atoms with Crippen molar-refractivity contribution in [3.63, 3.8) is 0 Å². The molecule has 11 nitrogen and oxygen atoms in total. The van der Waals surface area contributed by atoms with Crippen LogP contribution in [0, 0.1) is 0 Å². The van der Waals surface area contributed by atoms with E-state index >= 15 is 0 Å². The third-order valence-corrected chi connectivity index (χ3v) is 5.43. The first kappa shape index (κ1) is 26.6. The van der Waals surface area contributed by atoms with Crippen LogP contribution in [0.4, 0.5) is 40.0 Å². The maximum Gasteiger partial charge on any atom is 0.417 e. The van der Waals surface area contributed by atoms with Crippen molar-refractivity contribution in [2.75, 3.05) is 36.1 Å². The van der Waals surface area contributed by atoms with E-state index in [1.54, 1.807) is 31.3 Å². The molecule has 2 aromatic heterocycles. The number of fused-ring (bicyclic) bond motifs is 1. The molecule has 0 atom stereocenters. The van der Waals surface area contributed by atoms with Crippen molar-refractivity contribution in [2.45, 2.75) is 6.18 Å². The van der Waals surface area contributed by atoms with Gasteiger partial charge in [0.2, 0.25) is 0 Å². The summed E-state index contributed by atoms with van der Waals surface area (Å²) in [6.45, 7) is 0.672. The Morgan fingerprint density at radius 1 is 1.03 bits per heavy atom. The summed E-state index contributed by atoms with van der Waals surface area (Å²) in [7, 11) is 1.73. The van der Waals surface area contributed by atoms with E-state index in [1.165, 1.54) is 12.4 Å². The van der Waals surface area contributed by atoms with E-state index in [0.29, 0.717) is 34.5 Å². The minimum Gasteiger partial charge on any atom is -0.448 e. The number of carbonyl (C=O) groups excluding carboxylic acids is 2. The van der Waals surface area contributed by atoms with Gasteiger partial charge in [-0.2, -0.15) is 18.3 Å². The average Bonchev–Trinajstić information content (AvgIpc) is 3.30. The van der Waals surface area contributed by atoms with Gasteiger partial charge in [0.25, 0.3) is 0 Å². The lowest BCUT2D eigenvalue weighted by Crippen LogP contribution is -2.21. The highest BCUT2D eigenvalue weighted by molar-refractivity contribution is 6.31. The highest BCUT2D eigenvalue weighted by Crippen LogP contribution is 2.36. The molecule has 0 fully saturated rings. The fraction of sp³-hybridized carbons (Fsp3) is 0.174. The number of amides is 3. The number of anilines is 3. The number of halogens is 4. The maximum absolute atomic E-state index is 13.0. The summed E-state index contributed by atoms with van der Waals surface area (Å²) in [5, 5.41) is 16.9. The molecule has 0 aliphatic carbocycles. The van der Waals surface area contributed by atoms with E-state index in [0.717, 1.165) is 12.1 Å². The minimum absolute atomic E-state index is 0.0751. The monoisotopic (exact) mass is 548 g/mol. The first-order chi connectivity index (χ1) is 18.2. The Kier molecular flexibility index (Phi) is 7.93. The third-order valence-electron chi connectivity index (χ3n) is 5.10. The number of hydrogen-bond acceptors (Lipinski definition) is 7. The van der Waals surface area contributed by atoms with Gasteiger partial charge in [-0.05, 0) is 37.4 Å². The summed E-state index contributed by atoms with van der Waals surface area (Å²) in [6.07, 6.45) is -4.07. The van der Waals surface area contributed by atoms with Gasteiger partial charge in [-0.1, -0.05) is 23.7 Å². The number of aromatic nitrogens is 4. The highest BCUT2D eigenvalue weighted by atomic mass is 35.5. The molecule has 4 aromatic rings. The molecule has 0 spiro atoms. The summed E-state index contributed by atoms with van der Waals surface area (Å²) in [6, 6.07) is 8.81. The van der Waals surface area contributed by atoms with Crippen molar-refractivity contribution < 1.29 is 27.5 Å². The zero-order valence-corrected chi connectivity index (χ0v) is 20.4. The number of nitrogens with zero attached hydrogens (tertiary/aromatic N) is 3. The summed E-state index contributed by atoms with van der Waals surface area (Å²) in [4.78, 5) is 32.6. The smallest absolute Gasteiger partial charge is 0.417 e. The zero-order valence-electron chi connectivity index (χ0n) is 19.6. The van der Waals surface area contributed by atoms with Crippen molar-refractivity contribution in [1.82, 2.24) is 25.5 Å². The molecular weight excluding hydrogens is 529 g/mol. The number of hydrogen-bond donors (Lipinski definition) is 5. The van der Waals surface area contributed by atoms with Gasteiger partial charge >= 0.3 is 18.3 Å². The lowest BCUT2D eigenvalue weighted by atomic mass is 10.1. The predicted octanol–water partition coefficient (Wildman–Crippen LogP) is 5.10. The molecule has 3 amide bonds. The number of carbonyl (C=O) groups is 2. The zero-order chi connectivity index (χ0) is 27.3. The van der Waals surface area contributed by atoms with Crippen LogP contribution in [0.15, 0.2) is 48.8 Å². The van der Waals surface area contributed by atoms with Crippen LogP contribution in [0.3, 0.4) is 0 Å². The van der Waals surface area contributed by atoms with Crippen LogP contribution in [0.2, 0.25) is 5.02 Å². The Balaban J connectivity index is 1.44. The second-order valence-corrected chi connectivity index (χ2v) is 8.14. The molecule has 0 aliphatic rings. The Morgan fingerprint density at radius 3 is 2.45 bits per heavy atom. The second kappa shape index (κ2) is 11.3. The maximum atomic E-state index is 13.0. The normalized spacial score (nSPS) is 11.3. The van der Waals surface area contributed by atoms with E-state index in [2.05, 4.69) is 41.4 Å². The molecular formula is C23H20ClF3N8O3. The Morgan fingerprint density at radius 2 is 1.74 bits per heavy atom. The van der Waals surface area contributed by atoms with E-state index in [4.69, 9.17) is 16.3 Å². The number of rotatable bonds is 7. The van der Waals surface area contributed by atoms with Gasteiger partial charge in [-0.15, -0.1) is 0 Å². The number of ether oxygens (including phenoxy) is 1. The molecule has 0 unspecified atom stereocenters. The lowest BCUT2D eigenvalue weighted by molar-refractivity contribution is -0.137. The fourth-order valence-electron chi connectivity index (χ4n) is 3.34. The van der Waals surface area contributed by atoms with Crippen LogP contribution in [-0.4, -0.2) is 52.5 Å². The number of nitrogens with one attached hydrogen (secondary N) is 5. The van der Waals surface area contributed by atoms with Crippen LogP contribution in [0.1, 0.15) is 5.56 Å². The predicted molar refractivity (Wildman–Crippen MR) is 135 cm³/mol. The van der Waals surface area contributed by atoms with Crippen molar-refractivity contribution in [2.24, 2.45) is 0 Å². The van der Waals surface area contributed by atoms with Gasteiger partial charge in [-0.25, -0.2) is 19.6 Å². The Labute approximate surface area is 218 Å². The number of likely N-dealkylation sites (N-methyl/N-ethyl adjacent to an activating group) is 1. The van der Waals surface area contributed by atoms with E-state index in [-0.39, 0.29) is 18.1 Å². The molecule has 198 valence electrons. The Bertz CT molecular complexity index is 1460. The van der Waals surface area contributed by atoms with E-state index < -0.39 is 28.9 Å². The van der Waals surface area contributed by atoms with Crippen molar-refractivity contribution in [3.8, 4) is 11.3 Å². The summed E-state index contributed by atoms with van der Waals surface area (Å²) >= 11 is 5.60. The van der Waals surface area contributed by atoms with Crippen molar-refractivity contribution in [1.29, 1.82) is 0 Å². The van der Waals surface area contributed by atoms with Gasteiger partial charge in [-0.3, -0.25) is 10.4 Å². The summed E-state index contributed by atoms with van der Waals surface area (Å²) in [5.74, 6) is 0.189.